The maximum Gasteiger partial charge on any atom is 0.112 e. The number of benzene rings is 1. The molecule has 0 aliphatic carbocycles. The standard InChI is InChI=1S/C10H14O4/c11-6-8(12)10(14)9(13)7-4-2-1-3-5-7/h1-5,8-14H,6H2/t8-,9+,10-/m1/s1. The Kier molecular flexibility index (Phi) is 4.03. The first-order valence-corrected chi connectivity index (χ1v) is 4.37. The number of hydrogen-bond acceptors (Lipinski definition) is 4. The van der Waals surface area contributed by atoms with Gasteiger partial charge in [-0.05, 0) is 5.56 Å². The minimum Gasteiger partial charge on any atom is -0.394 e. The van der Waals surface area contributed by atoms with Crippen LogP contribution in [0.2, 0.25) is 0 Å². The number of hydrogen-bond donors (Lipinski definition) is 4. The zero-order valence-electron chi connectivity index (χ0n) is 7.61. The Morgan fingerprint density at radius 3 is 2.07 bits per heavy atom. The van der Waals surface area contributed by atoms with Crippen molar-refractivity contribution < 1.29 is 20.4 Å². The third kappa shape index (κ3) is 2.52. The molecule has 0 saturated heterocycles. The highest BCUT2D eigenvalue weighted by molar-refractivity contribution is 5.18. The second-order valence-corrected chi connectivity index (χ2v) is 3.10. The Balaban J connectivity index is 2.70. The molecule has 4 N–H and O–H groups in total. The molecule has 0 aromatic heterocycles. The fourth-order valence-corrected chi connectivity index (χ4v) is 1.17. The van der Waals surface area contributed by atoms with Gasteiger partial charge in [0.2, 0.25) is 0 Å². The highest BCUT2D eigenvalue weighted by Gasteiger charge is 2.24. The van der Waals surface area contributed by atoms with E-state index in [9.17, 15) is 10.2 Å². The van der Waals surface area contributed by atoms with E-state index in [1.54, 1.807) is 30.3 Å². The Morgan fingerprint density at radius 2 is 1.57 bits per heavy atom. The summed E-state index contributed by atoms with van der Waals surface area (Å²) >= 11 is 0. The molecular formula is C10H14O4. The highest BCUT2D eigenvalue weighted by atomic mass is 16.4. The summed E-state index contributed by atoms with van der Waals surface area (Å²) in [6.45, 7) is -0.578. The van der Waals surface area contributed by atoms with Crippen LogP contribution in [-0.2, 0) is 0 Å². The summed E-state index contributed by atoms with van der Waals surface area (Å²) in [5.41, 5.74) is 0.507. The molecule has 0 heterocycles. The van der Waals surface area contributed by atoms with Gasteiger partial charge >= 0.3 is 0 Å². The van der Waals surface area contributed by atoms with Gasteiger partial charge in [0, 0.05) is 0 Å². The minimum atomic E-state index is -1.37. The lowest BCUT2D eigenvalue weighted by Gasteiger charge is -2.21. The van der Waals surface area contributed by atoms with E-state index < -0.39 is 24.9 Å². The van der Waals surface area contributed by atoms with E-state index in [1.165, 1.54) is 0 Å². The molecule has 4 nitrogen and oxygen atoms in total. The smallest absolute Gasteiger partial charge is 0.112 e. The Morgan fingerprint density at radius 1 is 1.00 bits per heavy atom. The third-order valence-corrected chi connectivity index (χ3v) is 2.05. The summed E-state index contributed by atoms with van der Waals surface area (Å²) in [6.07, 6.45) is -3.88. The Labute approximate surface area is 82.1 Å². The van der Waals surface area contributed by atoms with Crippen molar-refractivity contribution in [1.82, 2.24) is 0 Å². The molecule has 78 valence electrons. The molecule has 0 amide bonds. The molecule has 4 heteroatoms. The lowest BCUT2D eigenvalue weighted by Crippen LogP contribution is -2.34. The molecule has 0 saturated carbocycles. The monoisotopic (exact) mass is 198 g/mol. The average Bonchev–Trinajstić information content (AvgIpc) is 2.27. The fourth-order valence-electron chi connectivity index (χ4n) is 1.17. The first kappa shape index (κ1) is 11.1. The average molecular weight is 198 g/mol. The predicted molar refractivity (Wildman–Crippen MR) is 50.5 cm³/mol. The highest BCUT2D eigenvalue weighted by Crippen LogP contribution is 2.18. The normalized spacial score (nSPS) is 17.4. The summed E-state index contributed by atoms with van der Waals surface area (Å²) in [6, 6.07) is 8.49. The second-order valence-electron chi connectivity index (χ2n) is 3.10. The van der Waals surface area contributed by atoms with Gasteiger partial charge in [-0.1, -0.05) is 30.3 Å². The van der Waals surface area contributed by atoms with E-state index in [0.717, 1.165) is 0 Å². The van der Waals surface area contributed by atoms with Gasteiger partial charge < -0.3 is 20.4 Å². The van der Waals surface area contributed by atoms with Gasteiger partial charge in [-0.3, -0.25) is 0 Å². The van der Waals surface area contributed by atoms with Gasteiger partial charge in [0.25, 0.3) is 0 Å². The molecule has 0 spiro atoms. The van der Waals surface area contributed by atoms with Crippen LogP contribution in [0.4, 0.5) is 0 Å². The number of rotatable bonds is 4. The molecule has 1 aromatic rings. The lowest BCUT2D eigenvalue weighted by molar-refractivity contribution is -0.0776. The van der Waals surface area contributed by atoms with Crippen molar-refractivity contribution in [3.05, 3.63) is 35.9 Å². The van der Waals surface area contributed by atoms with E-state index >= 15 is 0 Å². The van der Waals surface area contributed by atoms with Gasteiger partial charge in [-0.2, -0.15) is 0 Å². The van der Waals surface area contributed by atoms with E-state index in [0.29, 0.717) is 5.56 Å². The SMILES string of the molecule is OC[C@@H](O)[C@@H](O)[C@@H](O)c1ccccc1. The first-order chi connectivity index (χ1) is 6.66. The molecule has 1 rings (SSSR count). The van der Waals surface area contributed by atoms with Gasteiger partial charge in [0.05, 0.1) is 6.61 Å². The van der Waals surface area contributed by atoms with Crippen LogP contribution in [0.15, 0.2) is 30.3 Å². The first-order valence-electron chi connectivity index (χ1n) is 4.37. The van der Waals surface area contributed by atoms with E-state index in [-0.39, 0.29) is 0 Å². The molecule has 3 atom stereocenters. The zero-order chi connectivity index (χ0) is 10.6. The molecular weight excluding hydrogens is 184 g/mol. The number of aliphatic hydroxyl groups is 4. The zero-order valence-corrected chi connectivity index (χ0v) is 7.61. The molecule has 0 aliphatic heterocycles. The van der Waals surface area contributed by atoms with Crippen LogP contribution >= 0.6 is 0 Å². The van der Waals surface area contributed by atoms with Crippen LogP contribution in [0, 0.1) is 0 Å². The van der Waals surface area contributed by atoms with Gasteiger partial charge in [-0.15, -0.1) is 0 Å². The van der Waals surface area contributed by atoms with Gasteiger partial charge in [0.15, 0.2) is 0 Å². The van der Waals surface area contributed by atoms with Crippen molar-refractivity contribution in [3.63, 3.8) is 0 Å². The van der Waals surface area contributed by atoms with Crippen LogP contribution in [0.3, 0.4) is 0 Å². The summed E-state index contributed by atoms with van der Waals surface area (Å²) in [5, 5.41) is 36.6. The van der Waals surface area contributed by atoms with Crippen molar-refractivity contribution in [2.75, 3.05) is 6.61 Å². The van der Waals surface area contributed by atoms with E-state index in [2.05, 4.69) is 0 Å². The predicted octanol–water partition coefficient (Wildman–Crippen LogP) is -0.566. The van der Waals surface area contributed by atoms with Crippen molar-refractivity contribution >= 4 is 0 Å². The fraction of sp³-hybridized carbons (Fsp3) is 0.400. The third-order valence-electron chi connectivity index (χ3n) is 2.05. The summed E-state index contributed by atoms with van der Waals surface area (Å²) in [7, 11) is 0. The number of aliphatic hydroxyl groups excluding tert-OH is 4. The molecule has 0 fully saturated rings. The van der Waals surface area contributed by atoms with Crippen LogP contribution in [0.25, 0.3) is 0 Å². The minimum absolute atomic E-state index is 0.507. The molecule has 0 aliphatic rings. The Bertz CT molecular complexity index is 262. The quantitative estimate of drug-likeness (QED) is 0.522. The topological polar surface area (TPSA) is 80.9 Å². The van der Waals surface area contributed by atoms with Gasteiger partial charge in [-0.25, -0.2) is 0 Å². The maximum atomic E-state index is 9.57. The van der Waals surface area contributed by atoms with Crippen LogP contribution in [0.5, 0.6) is 0 Å². The molecule has 0 radical (unpaired) electrons. The summed E-state index contributed by atoms with van der Waals surface area (Å²) in [5.74, 6) is 0. The molecule has 0 unspecified atom stereocenters. The van der Waals surface area contributed by atoms with Gasteiger partial charge in [0.1, 0.15) is 18.3 Å². The van der Waals surface area contributed by atoms with Crippen molar-refractivity contribution in [1.29, 1.82) is 0 Å². The van der Waals surface area contributed by atoms with E-state index in [1.807, 2.05) is 0 Å². The summed E-state index contributed by atoms with van der Waals surface area (Å²) in [4.78, 5) is 0. The van der Waals surface area contributed by atoms with E-state index in [4.69, 9.17) is 10.2 Å². The van der Waals surface area contributed by atoms with Crippen molar-refractivity contribution in [3.8, 4) is 0 Å². The molecule has 1 aromatic carbocycles. The maximum absolute atomic E-state index is 9.57. The van der Waals surface area contributed by atoms with Crippen LogP contribution < -0.4 is 0 Å². The van der Waals surface area contributed by atoms with Crippen molar-refractivity contribution in [2.45, 2.75) is 18.3 Å². The van der Waals surface area contributed by atoms with Crippen LogP contribution in [0.1, 0.15) is 11.7 Å². The molecule has 14 heavy (non-hydrogen) atoms. The molecule has 0 bridgehead atoms. The van der Waals surface area contributed by atoms with Crippen molar-refractivity contribution in [2.24, 2.45) is 0 Å². The summed E-state index contributed by atoms with van der Waals surface area (Å²) < 4.78 is 0. The Hall–Kier alpha value is -0.940. The van der Waals surface area contributed by atoms with Crippen LogP contribution in [-0.4, -0.2) is 39.2 Å². The second kappa shape index (κ2) is 5.07. The largest absolute Gasteiger partial charge is 0.394 e. The lowest BCUT2D eigenvalue weighted by atomic mass is 10.0.